The van der Waals surface area contributed by atoms with E-state index in [2.05, 4.69) is 21.2 Å². The Kier molecular flexibility index (Phi) is 4.00. The monoisotopic (exact) mass is 317 g/mol. The van der Waals surface area contributed by atoms with Crippen molar-refractivity contribution in [3.63, 3.8) is 0 Å². The van der Waals surface area contributed by atoms with E-state index >= 15 is 0 Å². The van der Waals surface area contributed by atoms with Gasteiger partial charge in [-0.2, -0.15) is 0 Å². The molecule has 5 heteroatoms. The molecule has 1 amide bonds. The zero-order valence-electron chi connectivity index (χ0n) is 9.76. The molecule has 0 unspecified atom stereocenters. The quantitative estimate of drug-likeness (QED) is 0.869. The maximum Gasteiger partial charge on any atom is 0.248 e. The fourth-order valence-electron chi connectivity index (χ4n) is 2.11. The van der Waals surface area contributed by atoms with Crippen molar-refractivity contribution in [3.05, 3.63) is 28.7 Å². The predicted octanol–water partition coefficient (Wildman–Crippen LogP) is 4.21. The van der Waals surface area contributed by atoms with Crippen LogP contribution in [0.5, 0.6) is 0 Å². The largest absolute Gasteiger partial charge is 0.326 e. The molecule has 1 aliphatic rings. The Morgan fingerprint density at radius 1 is 1.33 bits per heavy atom. The lowest BCUT2D eigenvalue weighted by Gasteiger charge is -2.27. The van der Waals surface area contributed by atoms with E-state index in [1.165, 1.54) is 0 Å². The molecule has 0 spiro atoms. The van der Waals surface area contributed by atoms with E-state index in [0.717, 1.165) is 4.47 Å². The molecule has 1 aromatic carbocycles. The molecule has 18 heavy (non-hydrogen) atoms. The maximum atomic E-state index is 13.0. The number of halogens is 3. The lowest BCUT2D eigenvalue weighted by Crippen LogP contribution is -2.31. The zero-order valence-corrected chi connectivity index (χ0v) is 11.3. The molecule has 0 heterocycles. The van der Waals surface area contributed by atoms with Crippen LogP contribution in [-0.2, 0) is 4.79 Å². The molecule has 2 rings (SSSR count). The first-order valence-electron chi connectivity index (χ1n) is 5.90. The van der Waals surface area contributed by atoms with Crippen molar-refractivity contribution in [2.45, 2.75) is 31.6 Å². The molecule has 1 aliphatic carbocycles. The highest BCUT2D eigenvalue weighted by molar-refractivity contribution is 9.10. The summed E-state index contributed by atoms with van der Waals surface area (Å²) in [5.74, 6) is -3.06. The van der Waals surface area contributed by atoms with Gasteiger partial charge in [0.05, 0.1) is 0 Å². The predicted molar refractivity (Wildman–Crippen MR) is 69.7 cm³/mol. The lowest BCUT2D eigenvalue weighted by atomic mass is 9.86. The molecule has 1 aromatic rings. The summed E-state index contributed by atoms with van der Waals surface area (Å²) in [6.45, 7) is 0. The van der Waals surface area contributed by atoms with Gasteiger partial charge in [0.1, 0.15) is 0 Å². The van der Waals surface area contributed by atoms with Gasteiger partial charge in [-0.25, -0.2) is 8.78 Å². The van der Waals surface area contributed by atoms with E-state index in [-0.39, 0.29) is 37.5 Å². The topological polar surface area (TPSA) is 29.1 Å². The fourth-order valence-corrected chi connectivity index (χ4v) is 2.51. The molecule has 1 N–H and O–H groups in total. The van der Waals surface area contributed by atoms with Gasteiger partial charge in [0.2, 0.25) is 11.8 Å². The summed E-state index contributed by atoms with van der Waals surface area (Å²) in [7, 11) is 0. The van der Waals surface area contributed by atoms with Crippen molar-refractivity contribution in [1.82, 2.24) is 0 Å². The van der Waals surface area contributed by atoms with E-state index in [4.69, 9.17) is 0 Å². The summed E-state index contributed by atoms with van der Waals surface area (Å²) >= 11 is 3.31. The third-order valence-electron chi connectivity index (χ3n) is 3.18. The number of carbonyl (C=O) groups is 1. The van der Waals surface area contributed by atoms with E-state index in [1.807, 2.05) is 12.1 Å². The Morgan fingerprint density at radius 3 is 2.61 bits per heavy atom. The number of anilines is 1. The minimum absolute atomic E-state index is 0.163. The normalized spacial score (nSPS) is 19.5. The van der Waals surface area contributed by atoms with Crippen LogP contribution in [0.25, 0.3) is 0 Å². The van der Waals surface area contributed by atoms with Crippen LogP contribution in [0, 0.1) is 5.92 Å². The second-order valence-corrected chi connectivity index (χ2v) is 5.55. The van der Waals surface area contributed by atoms with Crippen LogP contribution >= 0.6 is 15.9 Å². The Hall–Kier alpha value is -0.970. The van der Waals surface area contributed by atoms with E-state index in [0.29, 0.717) is 5.69 Å². The third-order valence-corrected chi connectivity index (χ3v) is 3.67. The van der Waals surface area contributed by atoms with E-state index < -0.39 is 5.92 Å². The van der Waals surface area contributed by atoms with Crippen molar-refractivity contribution >= 4 is 27.5 Å². The average molecular weight is 318 g/mol. The molecular weight excluding hydrogens is 304 g/mol. The Bertz CT molecular complexity index is 440. The van der Waals surface area contributed by atoms with Gasteiger partial charge in [0.15, 0.2) is 0 Å². The first kappa shape index (κ1) is 13.5. The van der Waals surface area contributed by atoms with Gasteiger partial charge in [0, 0.05) is 28.9 Å². The molecule has 1 saturated carbocycles. The Labute approximate surface area is 113 Å². The van der Waals surface area contributed by atoms with Crippen LogP contribution in [0.4, 0.5) is 14.5 Å². The number of benzene rings is 1. The van der Waals surface area contributed by atoms with Gasteiger partial charge in [0.25, 0.3) is 0 Å². The molecule has 98 valence electrons. The molecule has 0 bridgehead atoms. The standard InChI is InChI=1S/C13H14BrF2NO/c14-10-2-1-3-11(8-10)17-12(18)9-4-6-13(15,16)7-5-9/h1-3,8-9H,4-7H2,(H,17,18). The van der Waals surface area contributed by atoms with Crippen LogP contribution in [0.2, 0.25) is 0 Å². The van der Waals surface area contributed by atoms with Crippen molar-refractivity contribution in [2.75, 3.05) is 5.32 Å². The van der Waals surface area contributed by atoms with Gasteiger partial charge in [-0.3, -0.25) is 4.79 Å². The highest BCUT2D eigenvalue weighted by Crippen LogP contribution is 2.36. The first-order valence-corrected chi connectivity index (χ1v) is 6.70. The van der Waals surface area contributed by atoms with Crippen molar-refractivity contribution in [2.24, 2.45) is 5.92 Å². The maximum absolute atomic E-state index is 13.0. The highest BCUT2D eigenvalue weighted by Gasteiger charge is 2.37. The summed E-state index contributed by atoms with van der Waals surface area (Å²) in [5.41, 5.74) is 0.687. The van der Waals surface area contributed by atoms with E-state index in [1.54, 1.807) is 12.1 Å². The van der Waals surface area contributed by atoms with Crippen LogP contribution < -0.4 is 5.32 Å². The minimum Gasteiger partial charge on any atom is -0.326 e. The van der Waals surface area contributed by atoms with Gasteiger partial charge < -0.3 is 5.32 Å². The zero-order chi connectivity index (χ0) is 13.2. The molecule has 0 aromatic heterocycles. The molecule has 1 fully saturated rings. The number of alkyl halides is 2. The van der Waals surface area contributed by atoms with Crippen molar-refractivity contribution < 1.29 is 13.6 Å². The second kappa shape index (κ2) is 5.34. The SMILES string of the molecule is O=C(Nc1cccc(Br)c1)C1CCC(F)(F)CC1. The number of rotatable bonds is 2. The van der Waals surface area contributed by atoms with Crippen LogP contribution in [0.3, 0.4) is 0 Å². The van der Waals surface area contributed by atoms with Crippen LogP contribution in [0.1, 0.15) is 25.7 Å². The number of carbonyl (C=O) groups excluding carboxylic acids is 1. The summed E-state index contributed by atoms with van der Waals surface area (Å²) in [6.07, 6.45) is 0.132. The number of nitrogens with one attached hydrogen (secondary N) is 1. The molecule has 0 aliphatic heterocycles. The number of hydrogen-bond acceptors (Lipinski definition) is 1. The summed E-state index contributed by atoms with van der Waals surface area (Å²) in [6, 6.07) is 7.24. The fraction of sp³-hybridized carbons (Fsp3) is 0.462. The minimum atomic E-state index is -2.59. The second-order valence-electron chi connectivity index (χ2n) is 4.63. The third kappa shape index (κ3) is 3.51. The smallest absolute Gasteiger partial charge is 0.248 e. The molecule has 2 nitrogen and oxygen atoms in total. The molecular formula is C13H14BrF2NO. The summed E-state index contributed by atoms with van der Waals surface area (Å²) in [5, 5.41) is 2.77. The van der Waals surface area contributed by atoms with Gasteiger partial charge in [-0.05, 0) is 31.0 Å². The average Bonchev–Trinajstić information content (AvgIpc) is 2.28. The van der Waals surface area contributed by atoms with Gasteiger partial charge in [-0.1, -0.05) is 22.0 Å². The first-order chi connectivity index (χ1) is 8.46. The molecule has 0 radical (unpaired) electrons. The Balaban J connectivity index is 1.93. The molecule has 0 atom stereocenters. The van der Waals surface area contributed by atoms with Crippen LogP contribution in [-0.4, -0.2) is 11.8 Å². The van der Waals surface area contributed by atoms with Crippen molar-refractivity contribution in [3.8, 4) is 0 Å². The lowest BCUT2D eigenvalue weighted by molar-refractivity contribution is -0.124. The van der Waals surface area contributed by atoms with Gasteiger partial charge in [-0.15, -0.1) is 0 Å². The van der Waals surface area contributed by atoms with Gasteiger partial charge >= 0.3 is 0 Å². The van der Waals surface area contributed by atoms with Crippen LogP contribution in [0.15, 0.2) is 28.7 Å². The number of hydrogen-bond donors (Lipinski definition) is 1. The highest BCUT2D eigenvalue weighted by atomic mass is 79.9. The van der Waals surface area contributed by atoms with E-state index in [9.17, 15) is 13.6 Å². The number of amides is 1. The summed E-state index contributed by atoms with van der Waals surface area (Å²) in [4.78, 5) is 11.9. The summed E-state index contributed by atoms with van der Waals surface area (Å²) < 4.78 is 26.8. The molecule has 0 saturated heterocycles. The Morgan fingerprint density at radius 2 is 2.00 bits per heavy atom. The van der Waals surface area contributed by atoms with Crippen molar-refractivity contribution in [1.29, 1.82) is 0 Å².